The van der Waals surface area contributed by atoms with Crippen LogP contribution in [0.5, 0.6) is 0 Å². The first-order chi connectivity index (χ1) is 6.20. The highest BCUT2D eigenvalue weighted by Crippen LogP contribution is 1.94. The van der Waals surface area contributed by atoms with Crippen LogP contribution >= 0.6 is 0 Å². The highest BCUT2D eigenvalue weighted by molar-refractivity contribution is 5.89. The predicted molar refractivity (Wildman–Crippen MR) is 54.4 cm³/mol. The van der Waals surface area contributed by atoms with Crippen LogP contribution in [0.1, 0.15) is 19.8 Å². The quantitative estimate of drug-likeness (QED) is 0.385. The van der Waals surface area contributed by atoms with Gasteiger partial charge in [0.2, 0.25) is 0 Å². The van der Waals surface area contributed by atoms with E-state index in [0.29, 0.717) is 12.8 Å². The van der Waals surface area contributed by atoms with Crippen molar-refractivity contribution in [3.05, 3.63) is 37.0 Å². The summed E-state index contributed by atoms with van der Waals surface area (Å²) in [6.45, 7) is 5.31. The Morgan fingerprint density at radius 2 is 2.23 bits per heavy atom. The second kappa shape index (κ2) is 7.50. The minimum absolute atomic E-state index is 0.0860. The lowest BCUT2D eigenvalue weighted by Crippen LogP contribution is -1.98. The number of hydrogen-bond acceptors (Lipinski definition) is 2. The van der Waals surface area contributed by atoms with Gasteiger partial charge in [0.15, 0.2) is 5.78 Å². The topological polar surface area (TPSA) is 37.3 Å². The Morgan fingerprint density at radius 3 is 2.77 bits per heavy atom. The zero-order chi connectivity index (χ0) is 10.1. The van der Waals surface area contributed by atoms with Gasteiger partial charge in [-0.2, -0.15) is 0 Å². The van der Waals surface area contributed by atoms with Gasteiger partial charge in [-0.1, -0.05) is 31.2 Å². The molecule has 0 rings (SSSR count). The third-order valence-corrected chi connectivity index (χ3v) is 1.48. The van der Waals surface area contributed by atoms with Gasteiger partial charge in [0.05, 0.1) is 6.10 Å². The van der Waals surface area contributed by atoms with Gasteiger partial charge in [-0.25, -0.2) is 0 Å². The van der Waals surface area contributed by atoms with Crippen molar-refractivity contribution < 1.29 is 9.90 Å². The van der Waals surface area contributed by atoms with Crippen LogP contribution in [0.15, 0.2) is 37.0 Å². The molecule has 0 bridgehead atoms. The summed E-state index contributed by atoms with van der Waals surface area (Å²) in [5, 5.41) is 9.19. The fourth-order valence-electron chi connectivity index (χ4n) is 0.722. The Hall–Kier alpha value is -1.15. The number of allylic oxidation sites excluding steroid dienone is 3. The van der Waals surface area contributed by atoms with Crippen molar-refractivity contribution in [3.8, 4) is 0 Å². The fourth-order valence-corrected chi connectivity index (χ4v) is 0.722. The molecule has 72 valence electrons. The van der Waals surface area contributed by atoms with Gasteiger partial charge < -0.3 is 5.11 Å². The van der Waals surface area contributed by atoms with Crippen LogP contribution in [0.2, 0.25) is 0 Å². The first-order valence-corrected chi connectivity index (χ1v) is 4.37. The van der Waals surface area contributed by atoms with Gasteiger partial charge in [0.1, 0.15) is 0 Å². The molecule has 2 heteroatoms. The highest BCUT2D eigenvalue weighted by Gasteiger charge is 1.91. The zero-order valence-electron chi connectivity index (χ0n) is 7.94. The van der Waals surface area contributed by atoms with Crippen molar-refractivity contribution in [2.45, 2.75) is 25.9 Å². The number of aliphatic hydroxyl groups is 1. The number of hydrogen-bond donors (Lipinski definition) is 1. The van der Waals surface area contributed by atoms with Crippen LogP contribution in [0.25, 0.3) is 0 Å². The molecule has 0 radical (unpaired) electrons. The van der Waals surface area contributed by atoms with Crippen molar-refractivity contribution in [2.24, 2.45) is 0 Å². The van der Waals surface area contributed by atoms with Gasteiger partial charge in [-0.15, -0.1) is 6.58 Å². The van der Waals surface area contributed by atoms with Crippen molar-refractivity contribution in [3.63, 3.8) is 0 Å². The maximum atomic E-state index is 10.8. The van der Waals surface area contributed by atoms with Crippen LogP contribution in [0, 0.1) is 0 Å². The van der Waals surface area contributed by atoms with Gasteiger partial charge in [-0.3, -0.25) is 4.79 Å². The lowest BCUT2D eigenvalue weighted by Gasteiger charge is -1.97. The second-order valence-corrected chi connectivity index (χ2v) is 2.66. The number of ketones is 1. The minimum Gasteiger partial charge on any atom is -0.389 e. The third-order valence-electron chi connectivity index (χ3n) is 1.48. The van der Waals surface area contributed by atoms with E-state index in [0.717, 1.165) is 0 Å². The van der Waals surface area contributed by atoms with Crippen molar-refractivity contribution in [2.75, 3.05) is 0 Å². The summed E-state index contributed by atoms with van der Waals surface area (Å²) in [5.74, 6) is 0.0860. The molecule has 0 aromatic heterocycles. The monoisotopic (exact) mass is 180 g/mol. The second-order valence-electron chi connectivity index (χ2n) is 2.66. The summed E-state index contributed by atoms with van der Waals surface area (Å²) in [5.41, 5.74) is 0. The highest BCUT2D eigenvalue weighted by atomic mass is 16.3. The van der Waals surface area contributed by atoms with E-state index < -0.39 is 6.10 Å². The lowest BCUT2D eigenvalue weighted by molar-refractivity contribution is -0.114. The number of carbonyl (C=O) groups is 1. The zero-order valence-corrected chi connectivity index (χ0v) is 7.94. The molecule has 0 heterocycles. The Kier molecular flexibility index (Phi) is 6.83. The summed E-state index contributed by atoms with van der Waals surface area (Å²) in [7, 11) is 0. The molecule has 0 fully saturated rings. The molecule has 0 amide bonds. The van der Waals surface area contributed by atoms with E-state index in [4.69, 9.17) is 0 Å². The van der Waals surface area contributed by atoms with Crippen LogP contribution in [-0.4, -0.2) is 17.0 Å². The Balaban J connectivity index is 3.79. The molecule has 1 N–H and O–H groups in total. The summed E-state index contributed by atoms with van der Waals surface area (Å²) < 4.78 is 0. The van der Waals surface area contributed by atoms with E-state index in [1.165, 1.54) is 6.08 Å². The van der Waals surface area contributed by atoms with Crippen molar-refractivity contribution >= 4 is 5.78 Å². The molecule has 1 atom stereocenters. The SMILES string of the molecule is C=CC[C@H](O)/C=C/C=C/C(=O)CC. The molecule has 0 aromatic rings. The van der Waals surface area contributed by atoms with Crippen LogP contribution < -0.4 is 0 Å². The van der Waals surface area contributed by atoms with E-state index in [1.807, 2.05) is 6.92 Å². The van der Waals surface area contributed by atoms with Crippen LogP contribution in [0.4, 0.5) is 0 Å². The smallest absolute Gasteiger partial charge is 0.155 e. The molecule has 0 aliphatic rings. The van der Waals surface area contributed by atoms with Crippen LogP contribution in [-0.2, 0) is 4.79 Å². The average molecular weight is 180 g/mol. The van der Waals surface area contributed by atoms with E-state index >= 15 is 0 Å². The standard InChI is InChI=1S/C11H16O2/c1-3-7-11(13)9-6-5-8-10(12)4-2/h3,5-6,8-9,11,13H,1,4,7H2,2H3/b8-5+,9-6+/t11-/m0/s1. The summed E-state index contributed by atoms with van der Waals surface area (Å²) in [6.07, 6.45) is 8.62. The van der Waals surface area contributed by atoms with E-state index in [1.54, 1.807) is 24.3 Å². The molecule has 0 aliphatic carbocycles. The Labute approximate surface area is 79.3 Å². The Bertz CT molecular complexity index is 214. The number of carbonyl (C=O) groups excluding carboxylic acids is 1. The van der Waals surface area contributed by atoms with E-state index in [2.05, 4.69) is 6.58 Å². The van der Waals surface area contributed by atoms with Gasteiger partial charge in [0, 0.05) is 6.42 Å². The molecule has 0 saturated heterocycles. The summed E-state index contributed by atoms with van der Waals surface area (Å²) in [6, 6.07) is 0. The summed E-state index contributed by atoms with van der Waals surface area (Å²) in [4.78, 5) is 10.8. The maximum absolute atomic E-state index is 10.8. The first kappa shape index (κ1) is 11.8. The molecule has 0 spiro atoms. The maximum Gasteiger partial charge on any atom is 0.155 e. The van der Waals surface area contributed by atoms with Crippen molar-refractivity contribution in [1.82, 2.24) is 0 Å². The normalized spacial score (nSPS) is 13.7. The van der Waals surface area contributed by atoms with Gasteiger partial charge in [-0.05, 0) is 12.5 Å². The van der Waals surface area contributed by atoms with Gasteiger partial charge >= 0.3 is 0 Å². The average Bonchev–Trinajstić information content (AvgIpc) is 2.12. The minimum atomic E-state index is -0.501. The first-order valence-electron chi connectivity index (χ1n) is 4.37. The summed E-state index contributed by atoms with van der Waals surface area (Å²) >= 11 is 0. The molecule has 0 aromatic carbocycles. The Morgan fingerprint density at radius 1 is 1.54 bits per heavy atom. The van der Waals surface area contributed by atoms with E-state index in [-0.39, 0.29) is 5.78 Å². The predicted octanol–water partition coefficient (Wildman–Crippen LogP) is 2.01. The molecule has 0 saturated carbocycles. The number of rotatable bonds is 6. The van der Waals surface area contributed by atoms with Crippen molar-refractivity contribution in [1.29, 1.82) is 0 Å². The van der Waals surface area contributed by atoms with Gasteiger partial charge in [0.25, 0.3) is 0 Å². The molecular formula is C11H16O2. The molecule has 0 unspecified atom stereocenters. The number of aliphatic hydroxyl groups excluding tert-OH is 1. The van der Waals surface area contributed by atoms with E-state index in [9.17, 15) is 9.90 Å². The lowest BCUT2D eigenvalue weighted by atomic mass is 10.2. The molecule has 13 heavy (non-hydrogen) atoms. The molecule has 2 nitrogen and oxygen atoms in total. The largest absolute Gasteiger partial charge is 0.389 e. The molecule has 0 aliphatic heterocycles. The molecular weight excluding hydrogens is 164 g/mol. The fraction of sp³-hybridized carbons (Fsp3) is 0.364. The third kappa shape index (κ3) is 7.22. The van der Waals surface area contributed by atoms with Crippen LogP contribution in [0.3, 0.4) is 0 Å².